The maximum Gasteiger partial charge on any atom is 0.155 e. The minimum atomic E-state index is 0.313. The standard InChI is InChI=1S/C17H25N5O/c1-20(10-14-2-3-14)12-16-13-21(6-7-23-16)11-15-8-19-17-9-18-4-5-22(15)17/h4-5,8-9,14,16H,2-3,6-7,10-13H2,1H3. The Morgan fingerprint density at radius 3 is 3.09 bits per heavy atom. The van der Waals surface area contributed by atoms with Crippen LogP contribution in [0.3, 0.4) is 0 Å². The Balaban J connectivity index is 1.35. The van der Waals surface area contributed by atoms with Gasteiger partial charge in [0, 0.05) is 45.1 Å². The third-order valence-corrected chi connectivity index (χ3v) is 4.78. The van der Waals surface area contributed by atoms with E-state index in [4.69, 9.17) is 4.74 Å². The minimum Gasteiger partial charge on any atom is -0.374 e. The molecule has 0 spiro atoms. The average Bonchev–Trinajstić information content (AvgIpc) is 3.27. The van der Waals surface area contributed by atoms with Crippen LogP contribution in [0.5, 0.6) is 0 Å². The second kappa shape index (κ2) is 6.55. The van der Waals surface area contributed by atoms with Gasteiger partial charge in [-0.25, -0.2) is 4.98 Å². The molecule has 6 nitrogen and oxygen atoms in total. The van der Waals surface area contributed by atoms with Gasteiger partial charge in [-0.3, -0.25) is 14.3 Å². The number of ether oxygens (including phenoxy) is 1. The summed E-state index contributed by atoms with van der Waals surface area (Å²) in [6, 6.07) is 0. The lowest BCUT2D eigenvalue weighted by Gasteiger charge is -2.34. The van der Waals surface area contributed by atoms with Crippen molar-refractivity contribution in [2.75, 3.05) is 39.8 Å². The molecule has 2 aliphatic rings. The fourth-order valence-electron chi connectivity index (χ4n) is 3.44. The van der Waals surface area contributed by atoms with E-state index in [9.17, 15) is 0 Å². The predicted molar refractivity (Wildman–Crippen MR) is 88.2 cm³/mol. The Morgan fingerprint density at radius 1 is 1.30 bits per heavy atom. The Labute approximate surface area is 137 Å². The quantitative estimate of drug-likeness (QED) is 0.803. The summed E-state index contributed by atoms with van der Waals surface area (Å²) in [5.74, 6) is 0.937. The fourth-order valence-corrected chi connectivity index (χ4v) is 3.44. The van der Waals surface area contributed by atoms with Gasteiger partial charge in [0.05, 0.1) is 30.8 Å². The molecule has 6 heteroatoms. The molecule has 0 radical (unpaired) electrons. The van der Waals surface area contributed by atoms with Crippen LogP contribution in [0.1, 0.15) is 18.5 Å². The lowest BCUT2D eigenvalue weighted by atomic mass is 10.2. The van der Waals surface area contributed by atoms with Crippen molar-refractivity contribution in [3.63, 3.8) is 0 Å². The van der Waals surface area contributed by atoms with Gasteiger partial charge in [0.15, 0.2) is 5.65 Å². The molecule has 1 unspecified atom stereocenters. The lowest BCUT2D eigenvalue weighted by Crippen LogP contribution is -2.46. The lowest BCUT2D eigenvalue weighted by molar-refractivity contribution is -0.0438. The highest BCUT2D eigenvalue weighted by Crippen LogP contribution is 2.29. The van der Waals surface area contributed by atoms with E-state index in [0.717, 1.165) is 44.4 Å². The molecule has 1 aliphatic carbocycles. The van der Waals surface area contributed by atoms with Crippen LogP contribution < -0.4 is 0 Å². The van der Waals surface area contributed by atoms with E-state index in [1.807, 2.05) is 18.6 Å². The number of morpholine rings is 1. The van der Waals surface area contributed by atoms with E-state index in [1.165, 1.54) is 25.1 Å². The molecule has 0 bridgehead atoms. The molecular formula is C17H25N5O. The summed E-state index contributed by atoms with van der Waals surface area (Å²) in [5.41, 5.74) is 2.13. The van der Waals surface area contributed by atoms with Crippen LogP contribution in [0.4, 0.5) is 0 Å². The van der Waals surface area contributed by atoms with Gasteiger partial charge in [-0.1, -0.05) is 0 Å². The zero-order valence-electron chi connectivity index (χ0n) is 13.8. The maximum atomic E-state index is 5.97. The first-order valence-corrected chi connectivity index (χ1v) is 8.56. The summed E-state index contributed by atoms with van der Waals surface area (Å²) in [5, 5.41) is 0. The van der Waals surface area contributed by atoms with Gasteiger partial charge in [-0.15, -0.1) is 0 Å². The summed E-state index contributed by atoms with van der Waals surface area (Å²) in [7, 11) is 2.22. The van der Waals surface area contributed by atoms with Crippen LogP contribution in [0.15, 0.2) is 24.8 Å². The second-order valence-corrected chi connectivity index (χ2v) is 6.95. The molecule has 23 heavy (non-hydrogen) atoms. The first-order valence-electron chi connectivity index (χ1n) is 8.56. The van der Waals surface area contributed by atoms with Crippen molar-refractivity contribution in [3.05, 3.63) is 30.5 Å². The van der Waals surface area contributed by atoms with Crippen molar-refractivity contribution in [1.29, 1.82) is 0 Å². The molecule has 2 fully saturated rings. The smallest absolute Gasteiger partial charge is 0.155 e. The van der Waals surface area contributed by atoms with E-state index >= 15 is 0 Å². The SMILES string of the molecule is CN(CC1CC1)CC1CN(Cc2cnc3cnccn23)CCO1. The molecule has 0 aromatic carbocycles. The van der Waals surface area contributed by atoms with Crippen molar-refractivity contribution in [1.82, 2.24) is 24.2 Å². The topological polar surface area (TPSA) is 45.9 Å². The largest absolute Gasteiger partial charge is 0.374 e. The number of hydrogen-bond acceptors (Lipinski definition) is 5. The first kappa shape index (κ1) is 15.1. The third-order valence-electron chi connectivity index (χ3n) is 4.78. The Hall–Kier alpha value is -1.50. The molecule has 1 saturated carbocycles. The Kier molecular flexibility index (Phi) is 4.29. The van der Waals surface area contributed by atoms with Gasteiger partial charge < -0.3 is 9.64 Å². The summed E-state index contributed by atoms with van der Waals surface area (Å²) in [4.78, 5) is 13.5. The summed E-state index contributed by atoms with van der Waals surface area (Å²) in [6.07, 6.45) is 10.7. The molecule has 0 amide bonds. The number of aromatic nitrogens is 3. The second-order valence-electron chi connectivity index (χ2n) is 6.95. The van der Waals surface area contributed by atoms with Gasteiger partial charge in [-0.2, -0.15) is 0 Å². The van der Waals surface area contributed by atoms with Crippen molar-refractivity contribution < 1.29 is 4.74 Å². The number of rotatable bonds is 6. The number of hydrogen-bond donors (Lipinski definition) is 0. The molecule has 1 saturated heterocycles. The predicted octanol–water partition coefficient (Wildman–Crippen LogP) is 1.27. The zero-order chi connectivity index (χ0) is 15.6. The van der Waals surface area contributed by atoms with Crippen LogP contribution >= 0.6 is 0 Å². The Bertz CT molecular complexity index is 653. The van der Waals surface area contributed by atoms with E-state index in [1.54, 1.807) is 6.20 Å². The normalized spacial score (nSPS) is 23.0. The Morgan fingerprint density at radius 2 is 2.22 bits per heavy atom. The summed E-state index contributed by atoms with van der Waals surface area (Å²) < 4.78 is 8.09. The monoisotopic (exact) mass is 315 g/mol. The van der Waals surface area contributed by atoms with Crippen LogP contribution in [0, 0.1) is 5.92 Å². The van der Waals surface area contributed by atoms with Gasteiger partial charge in [-0.05, 0) is 25.8 Å². The number of fused-ring (bicyclic) bond motifs is 1. The number of likely N-dealkylation sites (N-methyl/N-ethyl adjacent to an activating group) is 1. The molecule has 124 valence electrons. The van der Waals surface area contributed by atoms with Gasteiger partial charge in [0.1, 0.15) is 0 Å². The van der Waals surface area contributed by atoms with E-state index in [0.29, 0.717) is 6.10 Å². The van der Waals surface area contributed by atoms with E-state index < -0.39 is 0 Å². The van der Waals surface area contributed by atoms with Crippen molar-refractivity contribution in [2.45, 2.75) is 25.5 Å². The van der Waals surface area contributed by atoms with Crippen molar-refractivity contribution in [3.8, 4) is 0 Å². The summed E-state index contributed by atoms with van der Waals surface area (Å²) in [6.45, 7) is 5.97. The fraction of sp³-hybridized carbons (Fsp3) is 0.647. The van der Waals surface area contributed by atoms with Crippen LogP contribution in [-0.4, -0.2) is 70.1 Å². The maximum absolute atomic E-state index is 5.97. The average molecular weight is 315 g/mol. The molecular weight excluding hydrogens is 290 g/mol. The third kappa shape index (κ3) is 3.71. The molecule has 4 rings (SSSR count). The highest BCUT2D eigenvalue weighted by atomic mass is 16.5. The molecule has 1 aliphatic heterocycles. The molecule has 0 N–H and O–H groups in total. The number of nitrogens with zero attached hydrogens (tertiary/aromatic N) is 5. The molecule has 1 atom stereocenters. The minimum absolute atomic E-state index is 0.313. The van der Waals surface area contributed by atoms with Crippen molar-refractivity contribution >= 4 is 5.65 Å². The zero-order valence-corrected chi connectivity index (χ0v) is 13.8. The molecule has 2 aromatic rings. The summed E-state index contributed by atoms with van der Waals surface area (Å²) >= 11 is 0. The van der Waals surface area contributed by atoms with E-state index in [-0.39, 0.29) is 0 Å². The van der Waals surface area contributed by atoms with Gasteiger partial charge >= 0.3 is 0 Å². The molecule has 3 heterocycles. The highest BCUT2D eigenvalue weighted by molar-refractivity contribution is 5.36. The van der Waals surface area contributed by atoms with Crippen LogP contribution in [0.25, 0.3) is 5.65 Å². The van der Waals surface area contributed by atoms with Gasteiger partial charge in [0.2, 0.25) is 0 Å². The highest BCUT2D eigenvalue weighted by Gasteiger charge is 2.26. The van der Waals surface area contributed by atoms with Crippen molar-refractivity contribution in [2.24, 2.45) is 5.92 Å². The molecule has 2 aromatic heterocycles. The first-order chi connectivity index (χ1) is 11.3. The van der Waals surface area contributed by atoms with Crippen LogP contribution in [0.2, 0.25) is 0 Å². The number of imidazole rings is 1. The van der Waals surface area contributed by atoms with E-state index in [2.05, 4.69) is 31.2 Å². The van der Waals surface area contributed by atoms with Gasteiger partial charge in [0.25, 0.3) is 0 Å². The van der Waals surface area contributed by atoms with Crippen LogP contribution in [-0.2, 0) is 11.3 Å².